The predicted molar refractivity (Wildman–Crippen MR) is 89.1 cm³/mol. The summed E-state index contributed by atoms with van der Waals surface area (Å²) in [6, 6.07) is 3.72. The van der Waals surface area contributed by atoms with Crippen LogP contribution in [-0.2, 0) is 17.6 Å². The van der Waals surface area contributed by atoms with Gasteiger partial charge in [-0.15, -0.1) is 22.7 Å². The highest BCUT2D eigenvalue weighted by atomic mass is 32.1. The van der Waals surface area contributed by atoms with E-state index in [4.69, 9.17) is 4.74 Å². The molecule has 22 heavy (non-hydrogen) atoms. The van der Waals surface area contributed by atoms with Crippen molar-refractivity contribution in [1.29, 1.82) is 0 Å². The molecule has 0 radical (unpaired) electrons. The van der Waals surface area contributed by atoms with Crippen LogP contribution in [0.1, 0.15) is 43.1 Å². The van der Waals surface area contributed by atoms with Crippen molar-refractivity contribution >= 4 is 40.2 Å². The average Bonchev–Trinajstić information content (AvgIpc) is 3.12. The van der Waals surface area contributed by atoms with E-state index in [-0.39, 0.29) is 5.91 Å². The van der Waals surface area contributed by atoms with Crippen LogP contribution in [0.25, 0.3) is 0 Å². The quantitative estimate of drug-likeness (QED) is 0.863. The molecule has 116 valence electrons. The van der Waals surface area contributed by atoms with Gasteiger partial charge in [-0.05, 0) is 48.3 Å². The minimum Gasteiger partial charge on any atom is -0.465 e. The Morgan fingerprint density at radius 2 is 2.23 bits per heavy atom. The number of anilines is 1. The van der Waals surface area contributed by atoms with E-state index in [1.165, 1.54) is 35.3 Å². The van der Waals surface area contributed by atoms with Gasteiger partial charge in [0.1, 0.15) is 4.88 Å². The van der Waals surface area contributed by atoms with Crippen LogP contribution in [0.4, 0.5) is 5.69 Å². The summed E-state index contributed by atoms with van der Waals surface area (Å²) in [5.74, 6) is 0.0982. The van der Waals surface area contributed by atoms with Gasteiger partial charge in [-0.3, -0.25) is 4.79 Å². The molecule has 3 rings (SSSR count). The maximum atomic E-state index is 12.4. The van der Waals surface area contributed by atoms with Crippen LogP contribution in [0, 0.1) is 5.92 Å². The number of carbonyl (C=O) groups excluding carboxylic acids is 2. The Bertz CT molecular complexity index is 717. The van der Waals surface area contributed by atoms with Gasteiger partial charge in [-0.2, -0.15) is 0 Å². The van der Waals surface area contributed by atoms with E-state index in [0.717, 1.165) is 12.8 Å². The summed E-state index contributed by atoms with van der Waals surface area (Å²) >= 11 is 2.82. The number of esters is 1. The molecule has 0 bridgehead atoms. The molecule has 0 saturated carbocycles. The van der Waals surface area contributed by atoms with Crippen LogP contribution in [-0.4, -0.2) is 19.0 Å². The number of thiophene rings is 2. The van der Waals surface area contributed by atoms with Crippen molar-refractivity contribution in [3.63, 3.8) is 0 Å². The topological polar surface area (TPSA) is 55.4 Å². The van der Waals surface area contributed by atoms with Gasteiger partial charge < -0.3 is 10.1 Å². The number of aryl methyl sites for hydroxylation is 1. The van der Waals surface area contributed by atoms with E-state index >= 15 is 0 Å². The van der Waals surface area contributed by atoms with Crippen LogP contribution < -0.4 is 5.32 Å². The third-order valence-electron chi connectivity index (χ3n) is 3.84. The maximum absolute atomic E-state index is 12.4. The van der Waals surface area contributed by atoms with Crippen LogP contribution >= 0.6 is 22.7 Å². The van der Waals surface area contributed by atoms with Gasteiger partial charge >= 0.3 is 5.97 Å². The van der Waals surface area contributed by atoms with E-state index in [2.05, 4.69) is 12.2 Å². The summed E-state index contributed by atoms with van der Waals surface area (Å²) in [6.07, 6.45) is 3.29. The average molecular weight is 335 g/mol. The van der Waals surface area contributed by atoms with E-state index in [1.807, 2.05) is 6.07 Å². The standard InChI is InChI=1S/C16H17NO3S2/c1-9-3-4-12-10(7-9)8-13(22-12)15(18)17-11-5-6-21-14(11)16(19)20-2/h5-6,8-9H,3-4,7H2,1-2H3,(H,17,18). The molecule has 6 heteroatoms. The van der Waals surface area contributed by atoms with Crippen molar-refractivity contribution in [3.05, 3.63) is 37.7 Å². The second-order valence-electron chi connectivity index (χ2n) is 5.52. The van der Waals surface area contributed by atoms with Crippen LogP contribution in [0.3, 0.4) is 0 Å². The Hall–Kier alpha value is -1.66. The van der Waals surface area contributed by atoms with Crippen molar-refractivity contribution < 1.29 is 14.3 Å². The molecule has 2 aromatic heterocycles. The molecular weight excluding hydrogens is 318 g/mol. The number of hydrogen-bond acceptors (Lipinski definition) is 5. The monoisotopic (exact) mass is 335 g/mol. The Morgan fingerprint density at radius 3 is 3.00 bits per heavy atom. The smallest absolute Gasteiger partial charge is 0.350 e. The number of amides is 1. The molecule has 2 heterocycles. The highest BCUT2D eigenvalue weighted by Gasteiger charge is 2.22. The minimum atomic E-state index is -0.426. The molecule has 1 aliphatic carbocycles. The summed E-state index contributed by atoms with van der Waals surface area (Å²) < 4.78 is 4.72. The van der Waals surface area contributed by atoms with Gasteiger partial charge in [0.05, 0.1) is 17.7 Å². The van der Waals surface area contributed by atoms with Gasteiger partial charge in [0, 0.05) is 4.88 Å². The lowest BCUT2D eigenvalue weighted by Crippen LogP contribution is -2.12. The fourth-order valence-electron chi connectivity index (χ4n) is 2.66. The third kappa shape index (κ3) is 2.94. The lowest BCUT2D eigenvalue weighted by Gasteiger charge is -2.16. The van der Waals surface area contributed by atoms with Crippen LogP contribution in [0.15, 0.2) is 17.5 Å². The van der Waals surface area contributed by atoms with E-state index in [0.29, 0.717) is 21.4 Å². The first-order chi connectivity index (χ1) is 10.6. The van der Waals surface area contributed by atoms with Gasteiger partial charge in [-0.25, -0.2) is 4.79 Å². The Balaban J connectivity index is 1.78. The zero-order valence-electron chi connectivity index (χ0n) is 12.5. The number of hydrogen-bond donors (Lipinski definition) is 1. The zero-order valence-corrected chi connectivity index (χ0v) is 14.1. The molecule has 2 aromatic rings. The summed E-state index contributed by atoms with van der Waals surface area (Å²) in [5.41, 5.74) is 1.81. The Labute approximate surface area is 137 Å². The van der Waals surface area contributed by atoms with Crippen molar-refractivity contribution in [2.24, 2.45) is 5.92 Å². The fourth-order valence-corrected chi connectivity index (χ4v) is 4.53. The number of fused-ring (bicyclic) bond motifs is 1. The first-order valence-corrected chi connectivity index (χ1v) is 8.87. The number of carbonyl (C=O) groups is 2. The van der Waals surface area contributed by atoms with Crippen molar-refractivity contribution in [1.82, 2.24) is 0 Å². The summed E-state index contributed by atoms with van der Waals surface area (Å²) in [6.45, 7) is 2.24. The molecule has 1 atom stereocenters. The van der Waals surface area contributed by atoms with Crippen molar-refractivity contribution in [2.45, 2.75) is 26.2 Å². The lowest BCUT2D eigenvalue weighted by molar-refractivity contribution is 0.0607. The molecule has 1 unspecified atom stereocenters. The second-order valence-corrected chi connectivity index (χ2v) is 7.57. The molecule has 4 nitrogen and oxygen atoms in total. The summed E-state index contributed by atoms with van der Waals surface area (Å²) in [5, 5.41) is 4.59. The second kappa shape index (κ2) is 6.22. The van der Waals surface area contributed by atoms with Crippen molar-refractivity contribution in [3.8, 4) is 0 Å². The normalized spacial score (nSPS) is 16.9. The number of nitrogens with one attached hydrogen (secondary N) is 1. The van der Waals surface area contributed by atoms with Gasteiger partial charge in [-0.1, -0.05) is 6.92 Å². The predicted octanol–water partition coefficient (Wildman–Crippen LogP) is 3.97. The van der Waals surface area contributed by atoms with Crippen LogP contribution in [0.2, 0.25) is 0 Å². The molecule has 0 fully saturated rings. The molecule has 1 N–H and O–H groups in total. The zero-order chi connectivity index (χ0) is 15.7. The van der Waals surface area contributed by atoms with E-state index in [1.54, 1.807) is 22.8 Å². The molecule has 1 aliphatic rings. The summed E-state index contributed by atoms with van der Waals surface area (Å²) in [7, 11) is 1.34. The number of methoxy groups -OCH3 is 1. The van der Waals surface area contributed by atoms with E-state index in [9.17, 15) is 9.59 Å². The molecular formula is C16H17NO3S2. The van der Waals surface area contributed by atoms with Crippen LogP contribution in [0.5, 0.6) is 0 Å². The summed E-state index contributed by atoms with van der Waals surface area (Å²) in [4.78, 5) is 26.5. The molecule has 0 spiro atoms. The number of rotatable bonds is 3. The third-order valence-corrected chi connectivity index (χ3v) is 5.97. The SMILES string of the molecule is COC(=O)c1sccc1NC(=O)c1cc2c(s1)CCC(C)C2. The van der Waals surface area contributed by atoms with Gasteiger partial charge in [0.15, 0.2) is 0 Å². The highest BCUT2D eigenvalue weighted by Crippen LogP contribution is 2.33. The number of ether oxygens (including phenoxy) is 1. The van der Waals surface area contributed by atoms with E-state index < -0.39 is 5.97 Å². The Kier molecular flexibility index (Phi) is 4.31. The largest absolute Gasteiger partial charge is 0.465 e. The first kappa shape index (κ1) is 15.2. The molecule has 0 aromatic carbocycles. The molecule has 1 amide bonds. The maximum Gasteiger partial charge on any atom is 0.350 e. The molecule has 0 saturated heterocycles. The van der Waals surface area contributed by atoms with Gasteiger partial charge in [0.2, 0.25) is 0 Å². The Morgan fingerprint density at radius 1 is 1.41 bits per heavy atom. The lowest BCUT2D eigenvalue weighted by atomic mass is 9.90. The van der Waals surface area contributed by atoms with Crippen molar-refractivity contribution in [2.75, 3.05) is 12.4 Å². The molecule has 0 aliphatic heterocycles. The minimum absolute atomic E-state index is 0.157. The first-order valence-electron chi connectivity index (χ1n) is 7.17. The van der Waals surface area contributed by atoms with Gasteiger partial charge in [0.25, 0.3) is 5.91 Å². The highest BCUT2D eigenvalue weighted by molar-refractivity contribution is 7.14. The fraction of sp³-hybridized carbons (Fsp3) is 0.375.